The number of rotatable bonds is 3. The molecular weight excluding hydrogens is 164 g/mol. The molecule has 0 aliphatic carbocycles. The summed E-state index contributed by atoms with van der Waals surface area (Å²) in [6.45, 7) is 3.14. The maximum atomic E-state index is 10.3. The van der Waals surface area contributed by atoms with E-state index in [4.69, 9.17) is 15.3 Å². The Kier molecular flexibility index (Phi) is 12.0. The lowest BCUT2D eigenvalue weighted by Crippen LogP contribution is -2.18. The minimum absolute atomic E-state index is 0.125. The standard InChI is InChI=1S/C5H10O3.C2H6O2/c1-3-8-5(7)4(2)6;3-1-2-4/h4,6H,3H2,1-2H3;3-4H,1-2H2. The van der Waals surface area contributed by atoms with Gasteiger partial charge in [0.15, 0.2) is 0 Å². The molecule has 3 N–H and O–H groups in total. The van der Waals surface area contributed by atoms with Gasteiger partial charge in [-0.1, -0.05) is 0 Å². The largest absolute Gasteiger partial charge is 0.464 e. The lowest BCUT2D eigenvalue weighted by Gasteiger charge is -2.01. The molecule has 0 amide bonds. The van der Waals surface area contributed by atoms with Gasteiger partial charge in [-0.2, -0.15) is 0 Å². The van der Waals surface area contributed by atoms with Gasteiger partial charge in [0, 0.05) is 0 Å². The van der Waals surface area contributed by atoms with Gasteiger partial charge in [-0.3, -0.25) is 0 Å². The second-order valence-electron chi connectivity index (χ2n) is 1.88. The van der Waals surface area contributed by atoms with Crippen LogP contribution in [0, 0.1) is 0 Å². The predicted octanol–water partition coefficient (Wildman–Crippen LogP) is -1.10. The molecule has 1 atom stereocenters. The smallest absolute Gasteiger partial charge is 0.334 e. The minimum atomic E-state index is -0.991. The fourth-order valence-corrected chi connectivity index (χ4v) is 0.263. The van der Waals surface area contributed by atoms with E-state index in [0.29, 0.717) is 6.61 Å². The molecule has 1 unspecified atom stereocenters. The number of carbonyl (C=O) groups excluding carboxylic acids is 1. The highest BCUT2D eigenvalue weighted by Crippen LogP contribution is 1.84. The highest BCUT2D eigenvalue weighted by molar-refractivity contribution is 5.73. The Labute approximate surface area is 71.6 Å². The minimum Gasteiger partial charge on any atom is -0.464 e. The predicted molar refractivity (Wildman–Crippen MR) is 42.5 cm³/mol. The topological polar surface area (TPSA) is 87.0 Å². The van der Waals surface area contributed by atoms with Crippen LogP contribution in [0.1, 0.15) is 13.8 Å². The summed E-state index contributed by atoms with van der Waals surface area (Å²) in [4.78, 5) is 10.3. The second kappa shape index (κ2) is 10.3. The normalized spacial score (nSPS) is 11.1. The lowest BCUT2D eigenvalue weighted by atomic mass is 10.4. The lowest BCUT2D eigenvalue weighted by molar-refractivity contribution is -0.151. The summed E-state index contributed by atoms with van der Waals surface area (Å²) in [7, 11) is 0. The third-order valence-electron chi connectivity index (χ3n) is 0.728. The van der Waals surface area contributed by atoms with Gasteiger partial charge >= 0.3 is 5.97 Å². The van der Waals surface area contributed by atoms with E-state index in [9.17, 15) is 4.79 Å². The van der Waals surface area contributed by atoms with Crippen LogP contribution in [-0.2, 0) is 9.53 Å². The quantitative estimate of drug-likeness (QED) is 0.480. The van der Waals surface area contributed by atoms with Crippen molar-refractivity contribution in [2.24, 2.45) is 0 Å². The Bertz CT molecular complexity index is 100.0. The van der Waals surface area contributed by atoms with Gasteiger partial charge in [-0.15, -0.1) is 0 Å². The number of carbonyl (C=O) groups is 1. The molecule has 0 saturated heterocycles. The van der Waals surface area contributed by atoms with Gasteiger partial charge in [0.05, 0.1) is 19.8 Å². The first-order valence-corrected chi connectivity index (χ1v) is 3.66. The number of aliphatic hydroxyl groups excluding tert-OH is 3. The summed E-state index contributed by atoms with van der Waals surface area (Å²) in [6, 6.07) is 0. The molecule has 0 rings (SSSR count). The summed E-state index contributed by atoms with van der Waals surface area (Å²) in [5, 5.41) is 23.7. The van der Waals surface area contributed by atoms with E-state index in [1.807, 2.05) is 0 Å². The highest BCUT2D eigenvalue weighted by atomic mass is 16.5. The maximum Gasteiger partial charge on any atom is 0.334 e. The molecule has 0 aromatic heterocycles. The van der Waals surface area contributed by atoms with E-state index < -0.39 is 12.1 Å². The molecule has 0 heterocycles. The van der Waals surface area contributed by atoms with Crippen molar-refractivity contribution in [2.75, 3.05) is 19.8 Å². The van der Waals surface area contributed by atoms with Crippen LogP contribution in [0.3, 0.4) is 0 Å². The summed E-state index contributed by atoms with van der Waals surface area (Å²) < 4.78 is 4.41. The molecule has 5 heteroatoms. The maximum absolute atomic E-state index is 10.3. The zero-order chi connectivity index (χ0) is 9.98. The van der Waals surface area contributed by atoms with Gasteiger partial charge in [0.2, 0.25) is 0 Å². The van der Waals surface area contributed by atoms with Crippen molar-refractivity contribution in [3.63, 3.8) is 0 Å². The van der Waals surface area contributed by atoms with E-state index in [0.717, 1.165) is 0 Å². The molecule has 0 saturated carbocycles. The first-order valence-electron chi connectivity index (χ1n) is 3.66. The van der Waals surface area contributed by atoms with Crippen LogP contribution in [0.4, 0.5) is 0 Å². The van der Waals surface area contributed by atoms with Crippen LogP contribution >= 0.6 is 0 Å². The number of esters is 1. The third-order valence-corrected chi connectivity index (χ3v) is 0.728. The molecule has 0 fully saturated rings. The number of hydrogen-bond acceptors (Lipinski definition) is 5. The molecule has 12 heavy (non-hydrogen) atoms. The van der Waals surface area contributed by atoms with Crippen molar-refractivity contribution in [3.05, 3.63) is 0 Å². The monoisotopic (exact) mass is 180 g/mol. The van der Waals surface area contributed by atoms with Crippen LogP contribution in [-0.4, -0.2) is 47.2 Å². The van der Waals surface area contributed by atoms with Gasteiger partial charge in [0.25, 0.3) is 0 Å². The van der Waals surface area contributed by atoms with E-state index >= 15 is 0 Å². The molecule has 5 nitrogen and oxygen atoms in total. The Morgan fingerprint density at radius 1 is 1.42 bits per heavy atom. The van der Waals surface area contributed by atoms with Crippen LogP contribution < -0.4 is 0 Å². The van der Waals surface area contributed by atoms with E-state index in [1.165, 1.54) is 6.92 Å². The molecule has 0 aliphatic heterocycles. The van der Waals surface area contributed by atoms with Crippen LogP contribution in [0.25, 0.3) is 0 Å². The van der Waals surface area contributed by atoms with Crippen molar-refractivity contribution in [1.82, 2.24) is 0 Å². The molecule has 0 aromatic carbocycles. The summed E-state index contributed by atoms with van der Waals surface area (Å²) in [5.74, 6) is -0.562. The Balaban J connectivity index is 0. The Hall–Kier alpha value is -0.650. The third kappa shape index (κ3) is 12.1. The molecule has 0 bridgehead atoms. The van der Waals surface area contributed by atoms with Crippen molar-refractivity contribution in [1.29, 1.82) is 0 Å². The summed E-state index contributed by atoms with van der Waals surface area (Å²) in [6.07, 6.45) is -0.991. The Morgan fingerprint density at radius 3 is 1.92 bits per heavy atom. The van der Waals surface area contributed by atoms with Crippen molar-refractivity contribution < 1.29 is 24.9 Å². The molecule has 0 aromatic rings. The molecule has 0 aliphatic rings. The highest BCUT2D eigenvalue weighted by Gasteiger charge is 2.07. The summed E-state index contributed by atoms with van der Waals surface area (Å²) >= 11 is 0. The van der Waals surface area contributed by atoms with Gasteiger partial charge in [-0.05, 0) is 13.8 Å². The van der Waals surface area contributed by atoms with Gasteiger partial charge in [0.1, 0.15) is 6.10 Å². The molecule has 74 valence electrons. The van der Waals surface area contributed by atoms with E-state index in [-0.39, 0.29) is 13.2 Å². The first kappa shape index (κ1) is 13.9. The zero-order valence-electron chi connectivity index (χ0n) is 7.36. The fourth-order valence-electron chi connectivity index (χ4n) is 0.263. The van der Waals surface area contributed by atoms with Gasteiger partial charge in [-0.25, -0.2) is 4.79 Å². The number of ether oxygens (including phenoxy) is 1. The van der Waals surface area contributed by atoms with Crippen molar-refractivity contribution in [3.8, 4) is 0 Å². The number of aliphatic hydroxyl groups is 3. The molecule has 0 spiro atoms. The van der Waals surface area contributed by atoms with Crippen LogP contribution in [0.15, 0.2) is 0 Å². The number of hydrogen-bond donors (Lipinski definition) is 3. The van der Waals surface area contributed by atoms with Crippen molar-refractivity contribution in [2.45, 2.75) is 20.0 Å². The second-order valence-corrected chi connectivity index (χ2v) is 1.88. The zero-order valence-corrected chi connectivity index (χ0v) is 7.36. The van der Waals surface area contributed by atoms with E-state index in [2.05, 4.69) is 4.74 Å². The average Bonchev–Trinajstić information content (AvgIpc) is 2.05. The summed E-state index contributed by atoms with van der Waals surface area (Å²) in [5.41, 5.74) is 0. The average molecular weight is 180 g/mol. The van der Waals surface area contributed by atoms with E-state index in [1.54, 1.807) is 6.92 Å². The first-order chi connectivity index (χ1) is 5.59. The fraction of sp³-hybridized carbons (Fsp3) is 0.857. The SMILES string of the molecule is CCOC(=O)C(C)O.OCCO. The van der Waals surface area contributed by atoms with Crippen LogP contribution in [0.2, 0.25) is 0 Å². The molecule has 0 radical (unpaired) electrons. The van der Waals surface area contributed by atoms with Crippen LogP contribution in [0.5, 0.6) is 0 Å². The van der Waals surface area contributed by atoms with Gasteiger partial charge < -0.3 is 20.1 Å². The molecular formula is C7H16O5. The van der Waals surface area contributed by atoms with Crippen molar-refractivity contribution >= 4 is 5.97 Å². The Morgan fingerprint density at radius 2 is 1.83 bits per heavy atom.